The molecule has 25 heavy (non-hydrogen) atoms. The van der Waals surface area contributed by atoms with Crippen LogP contribution in [-0.4, -0.2) is 33.7 Å². The SMILES string of the molecule is CCCOc1cc(F)ccc1-c1c(C(=O)O)c(N)[nH]c(=O)c1C(=O)O. The molecule has 2 rings (SSSR count). The average molecular weight is 350 g/mol. The normalized spacial score (nSPS) is 10.5. The molecule has 0 amide bonds. The van der Waals surface area contributed by atoms with Gasteiger partial charge in [-0.2, -0.15) is 0 Å². The monoisotopic (exact) mass is 350 g/mol. The fourth-order valence-corrected chi connectivity index (χ4v) is 2.35. The van der Waals surface area contributed by atoms with Crippen molar-refractivity contribution in [1.29, 1.82) is 0 Å². The lowest BCUT2D eigenvalue weighted by Crippen LogP contribution is -2.24. The first kappa shape index (κ1) is 18.0. The minimum atomic E-state index is -1.65. The highest BCUT2D eigenvalue weighted by atomic mass is 19.1. The van der Waals surface area contributed by atoms with Crippen LogP contribution in [0.4, 0.5) is 10.2 Å². The molecule has 132 valence electrons. The number of halogens is 1. The third kappa shape index (κ3) is 3.44. The summed E-state index contributed by atoms with van der Waals surface area (Å²) in [6.45, 7) is 1.98. The van der Waals surface area contributed by atoms with E-state index in [0.717, 1.165) is 18.2 Å². The maximum Gasteiger partial charge on any atom is 0.342 e. The lowest BCUT2D eigenvalue weighted by Gasteiger charge is -2.16. The first-order valence-electron chi connectivity index (χ1n) is 7.23. The summed E-state index contributed by atoms with van der Waals surface area (Å²) < 4.78 is 19.0. The van der Waals surface area contributed by atoms with Gasteiger partial charge in [0.15, 0.2) is 0 Å². The van der Waals surface area contributed by atoms with Gasteiger partial charge < -0.3 is 25.7 Å². The first-order chi connectivity index (χ1) is 11.8. The Bertz CT molecular complexity index is 906. The number of H-pyrrole nitrogens is 1. The van der Waals surface area contributed by atoms with Gasteiger partial charge in [-0.05, 0) is 18.6 Å². The molecule has 5 N–H and O–H groups in total. The number of pyridine rings is 1. The number of nitrogens with two attached hydrogens (primary N) is 1. The maximum atomic E-state index is 13.6. The lowest BCUT2D eigenvalue weighted by atomic mass is 9.94. The quantitative estimate of drug-likeness (QED) is 0.623. The Hall–Kier alpha value is -3.36. The van der Waals surface area contributed by atoms with Gasteiger partial charge in [-0.1, -0.05) is 6.92 Å². The summed E-state index contributed by atoms with van der Waals surface area (Å²) in [5, 5.41) is 18.8. The molecule has 0 aliphatic heterocycles. The molecule has 8 nitrogen and oxygen atoms in total. The highest BCUT2D eigenvalue weighted by Gasteiger charge is 2.28. The molecule has 0 saturated heterocycles. The Kier molecular flexibility index (Phi) is 5.06. The summed E-state index contributed by atoms with van der Waals surface area (Å²) in [4.78, 5) is 37.1. The molecule has 0 aliphatic rings. The van der Waals surface area contributed by atoms with Crippen LogP contribution in [0.1, 0.15) is 34.1 Å². The second-order valence-electron chi connectivity index (χ2n) is 5.09. The minimum absolute atomic E-state index is 0.0533. The van der Waals surface area contributed by atoms with Crippen LogP contribution in [0.25, 0.3) is 11.1 Å². The molecule has 1 aromatic carbocycles. The molecule has 1 heterocycles. The summed E-state index contributed by atoms with van der Waals surface area (Å²) in [6.07, 6.45) is 0.574. The van der Waals surface area contributed by atoms with E-state index in [2.05, 4.69) is 0 Å². The van der Waals surface area contributed by atoms with Gasteiger partial charge in [0, 0.05) is 17.2 Å². The van der Waals surface area contributed by atoms with Gasteiger partial charge in [0.25, 0.3) is 5.56 Å². The number of rotatable bonds is 6. The predicted octanol–water partition coefficient (Wildman–Crippen LogP) is 1.95. The van der Waals surface area contributed by atoms with Crippen LogP contribution >= 0.6 is 0 Å². The number of hydrogen-bond acceptors (Lipinski definition) is 5. The Labute approximate surface area is 140 Å². The molecular weight excluding hydrogens is 335 g/mol. The number of aromatic nitrogens is 1. The van der Waals surface area contributed by atoms with Crippen LogP contribution in [0, 0.1) is 5.82 Å². The van der Waals surface area contributed by atoms with E-state index >= 15 is 0 Å². The number of ether oxygens (including phenoxy) is 1. The molecule has 0 spiro atoms. The third-order valence-corrected chi connectivity index (χ3v) is 3.35. The van der Waals surface area contributed by atoms with Crippen LogP contribution < -0.4 is 16.0 Å². The van der Waals surface area contributed by atoms with Gasteiger partial charge in [0.2, 0.25) is 0 Å². The number of hydrogen-bond donors (Lipinski definition) is 4. The van der Waals surface area contributed by atoms with Crippen molar-refractivity contribution in [2.75, 3.05) is 12.3 Å². The van der Waals surface area contributed by atoms with E-state index in [4.69, 9.17) is 10.5 Å². The molecule has 1 aromatic heterocycles. The standard InChI is InChI=1S/C16H15FN2O6/c1-2-5-25-9-6-7(17)3-4-8(9)10-11(15(21)22)13(18)19-14(20)12(10)16(23)24/h3-4,6H,2,5H2,1H3,(H,21,22)(H,23,24)(H3,18,19,20). The van der Waals surface area contributed by atoms with Crippen molar-refractivity contribution >= 4 is 17.8 Å². The molecule has 0 radical (unpaired) electrons. The van der Waals surface area contributed by atoms with Crippen molar-refractivity contribution in [3.05, 3.63) is 45.5 Å². The molecule has 0 atom stereocenters. The van der Waals surface area contributed by atoms with Gasteiger partial charge in [-0.25, -0.2) is 14.0 Å². The number of aromatic carboxylic acids is 2. The zero-order valence-electron chi connectivity index (χ0n) is 13.1. The van der Waals surface area contributed by atoms with Gasteiger partial charge in [-0.3, -0.25) is 4.79 Å². The predicted molar refractivity (Wildman–Crippen MR) is 86.6 cm³/mol. The Morgan fingerprint density at radius 1 is 1.24 bits per heavy atom. The van der Waals surface area contributed by atoms with E-state index in [9.17, 15) is 29.0 Å². The number of aromatic amines is 1. The second-order valence-corrected chi connectivity index (χ2v) is 5.09. The summed E-state index contributed by atoms with van der Waals surface area (Å²) in [7, 11) is 0. The largest absolute Gasteiger partial charge is 0.493 e. The van der Waals surface area contributed by atoms with Gasteiger partial charge in [-0.15, -0.1) is 0 Å². The summed E-state index contributed by atoms with van der Waals surface area (Å²) >= 11 is 0. The molecule has 0 fully saturated rings. The topological polar surface area (TPSA) is 143 Å². The molecule has 9 heteroatoms. The fourth-order valence-electron chi connectivity index (χ4n) is 2.35. The highest BCUT2D eigenvalue weighted by Crippen LogP contribution is 2.36. The summed E-state index contributed by atoms with van der Waals surface area (Å²) in [5.41, 5.74) is 2.57. The van der Waals surface area contributed by atoms with Crippen LogP contribution in [0.2, 0.25) is 0 Å². The van der Waals surface area contributed by atoms with Crippen LogP contribution in [-0.2, 0) is 0 Å². The van der Waals surface area contributed by atoms with Gasteiger partial charge in [0.1, 0.15) is 28.5 Å². The fraction of sp³-hybridized carbons (Fsp3) is 0.188. The van der Waals surface area contributed by atoms with Gasteiger partial charge in [0.05, 0.1) is 6.61 Å². The number of nitrogens with one attached hydrogen (secondary N) is 1. The molecule has 0 aliphatic carbocycles. The van der Waals surface area contributed by atoms with Gasteiger partial charge >= 0.3 is 11.9 Å². The van der Waals surface area contributed by atoms with Crippen LogP contribution in [0.5, 0.6) is 5.75 Å². The lowest BCUT2D eigenvalue weighted by molar-refractivity contribution is 0.0695. The van der Waals surface area contributed by atoms with Crippen molar-refractivity contribution in [1.82, 2.24) is 4.98 Å². The van der Waals surface area contributed by atoms with E-state index in [-0.39, 0.29) is 17.9 Å². The first-order valence-corrected chi connectivity index (χ1v) is 7.23. The smallest absolute Gasteiger partial charge is 0.342 e. The van der Waals surface area contributed by atoms with Crippen molar-refractivity contribution in [3.63, 3.8) is 0 Å². The number of carboxylic acid groups (broad SMARTS) is 2. The number of carbonyl (C=O) groups is 2. The number of anilines is 1. The highest BCUT2D eigenvalue weighted by molar-refractivity contribution is 6.08. The van der Waals surface area contributed by atoms with Crippen LogP contribution in [0.3, 0.4) is 0 Å². The van der Waals surface area contributed by atoms with Crippen molar-refractivity contribution in [2.24, 2.45) is 0 Å². The number of benzene rings is 1. The van der Waals surface area contributed by atoms with E-state index in [1.165, 1.54) is 0 Å². The van der Waals surface area contributed by atoms with E-state index < -0.39 is 45.8 Å². The van der Waals surface area contributed by atoms with Crippen LogP contribution in [0.15, 0.2) is 23.0 Å². The molecule has 0 unspecified atom stereocenters. The third-order valence-electron chi connectivity index (χ3n) is 3.35. The Morgan fingerprint density at radius 3 is 2.44 bits per heavy atom. The van der Waals surface area contributed by atoms with Crippen molar-refractivity contribution < 1.29 is 28.9 Å². The van der Waals surface area contributed by atoms with E-state index in [0.29, 0.717) is 6.42 Å². The molecule has 0 saturated carbocycles. The molecular formula is C16H15FN2O6. The zero-order chi connectivity index (χ0) is 18.7. The number of nitrogen functional groups attached to an aromatic ring is 1. The Balaban J connectivity index is 2.93. The van der Waals surface area contributed by atoms with E-state index in [1.807, 2.05) is 4.98 Å². The molecule has 0 bridgehead atoms. The number of carboxylic acids is 2. The summed E-state index contributed by atoms with van der Waals surface area (Å²) in [6, 6.07) is 3.13. The zero-order valence-corrected chi connectivity index (χ0v) is 13.1. The van der Waals surface area contributed by atoms with Crippen molar-refractivity contribution in [2.45, 2.75) is 13.3 Å². The average Bonchev–Trinajstić information content (AvgIpc) is 2.51. The van der Waals surface area contributed by atoms with Crippen molar-refractivity contribution in [3.8, 4) is 16.9 Å². The second kappa shape index (κ2) is 7.04. The van der Waals surface area contributed by atoms with E-state index in [1.54, 1.807) is 6.92 Å². The Morgan fingerprint density at radius 2 is 1.88 bits per heavy atom. The summed E-state index contributed by atoms with van der Waals surface area (Å²) in [5.74, 6) is -4.46. The molecule has 2 aromatic rings. The maximum absolute atomic E-state index is 13.6. The minimum Gasteiger partial charge on any atom is -0.493 e.